The Hall–Kier alpha value is -2.22. The molecule has 0 unspecified atom stereocenters. The summed E-state index contributed by atoms with van der Waals surface area (Å²) in [6.07, 6.45) is 0. The first kappa shape index (κ1) is 20.1. The van der Waals surface area contributed by atoms with Gasteiger partial charge in [0.25, 0.3) is 5.91 Å². The quantitative estimate of drug-likeness (QED) is 0.768. The number of carbonyl (C=O) groups is 1. The number of amides is 1. The van der Waals surface area contributed by atoms with Gasteiger partial charge in [-0.3, -0.25) is 4.79 Å². The van der Waals surface area contributed by atoms with Crippen LogP contribution in [0.2, 0.25) is 0 Å². The van der Waals surface area contributed by atoms with Crippen LogP contribution in [0.1, 0.15) is 29.8 Å². The summed E-state index contributed by atoms with van der Waals surface area (Å²) in [7, 11) is -1.98. The molecule has 0 aliphatic rings. The van der Waals surface area contributed by atoms with Gasteiger partial charge in [0.1, 0.15) is 0 Å². The van der Waals surface area contributed by atoms with E-state index in [2.05, 4.69) is 5.32 Å². The molecule has 0 radical (unpaired) electrons. The molecule has 2 rings (SSSR count). The molecule has 2 aromatic carbocycles. The van der Waals surface area contributed by atoms with E-state index in [1.54, 1.807) is 51.3 Å². The van der Waals surface area contributed by atoms with Crippen LogP contribution in [0.3, 0.4) is 0 Å². The second-order valence-corrected chi connectivity index (χ2v) is 7.64. The van der Waals surface area contributed by atoms with E-state index in [1.807, 2.05) is 6.07 Å². The van der Waals surface area contributed by atoms with E-state index in [9.17, 15) is 13.2 Å². The van der Waals surface area contributed by atoms with E-state index in [4.69, 9.17) is 4.74 Å². The van der Waals surface area contributed by atoms with Gasteiger partial charge in [0.05, 0.1) is 11.5 Å². The van der Waals surface area contributed by atoms with Crippen molar-refractivity contribution in [2.24, 2.45) is 0 Å². The van der Waals surface area contributed by atoms with Gasteiger partial charge < -0.3 is 10.1 Å². The van der Waals surface area contributed by atoms with Crippen molar-refractivity contribution < 1.29 is 17.9 Å². The van der Waals surface area contributed by atoms with E-state index < -0.39 is 10.0 Å². The van der Waals surface area contributed by atoms with Gasteiger partial charge in [-0.2, -0.15) is 4.31 Å². The Labute approximate surface area is 154 Å². The lowest BCUT2D eigenvalue weighted by atomic mass is 10.1. The summed E-state index contributed by atoms with van der Waals surface area (Å²) in [5, 5.41) is 2.75. The van der Waals surface area contributed by atoms with Crippen LogP contribution in [0.5, 0.6) is 0 Å². The molecule has 6 nitrogen and oxygen atoms in total. The number of sulfonamides is 1. The fourth-order valence-electron chi connectivity index (χ4n) is 2.62. The lowest BCUT2D eigenvalue weighted by molar-refractivity contribution is 0.102. The molecule has 0 saturated heterocycles. The SMILES string of the molecule is CCN(CC)S(=O)(=O)c1cccc(NC(=O)c2cccc(COC)c2)c1. The van der Waals surface area contributed by atoms with Crippen LogP contribution in [0.25, 0.3) is 0 Å². The smallest absolute Gasteiger partial charge is 0.255 e. The summed E-state index contributed by atoms with van der Waals surface area (Å²) >= 11 is 0. The van der Waals surface area contributed by atoms with Crippen molar-refractivity contribution in [1.29, 1.82) is 0 Å². The van der Waals surface area contributed by atoms with E-state index >= 15 is 0 Å². The number of nitrogens with one attached hydrogen (secondary N) is 1. The Bertz CT molecular complexity index is 861. The molecular formula is C19H24N2O4S. The van der Waals surface area contributed by atoms with E-state index in [0.717, 1.165) is 5.56 Å². The zero-order chi connectivity index (χ0) is 19.2. The number of methoxy groups -OCH3 is 1. The predicted molar refractivity (Wildman–Crippen MR) is 102 cm³/mol. The van der Waals surface area contributed by atoms with Crippen molar-refractivity contribution in [2.45, 2.75) is 25.3 Å². The molecule has 0 fully saturated rings. The number of anilines is 1. The maximum atomic E-state index is 12.6. The first-order chi connectivity index (χ1) is 12.4. The standard InChI is InChI=1S/C19H24N2O4S/c1-4-21(5-2)26(23,24)18-11-7-10-17(13-18)20-19(22)16-9-6-8-15(12-16)14-25-3/h6-13H,4-5,14H2,1-3H3,(H,20,22). The Morgan fingerprint density at radius 1 is 1.08 bits per heavy atom. The van der Waals surface area contributed by atoms with E-state index in [1.165, 1.54) is 16.4 Å². The van der Waals surface area contributed by atoms with Crippen molar-refractivity contribution in [2.75, 3.05) is 25.5 Å². The van der Waals surface area contributed by atoms with Gasteiger partial charge in [0, 0.05) is 31.5 Å². The average Bonchev–Trinajstić information content (AvgIpc) is 2.63. The Kier molecular flexibility index (Phi) is 6.90. The number of benzene rings is 2. The molecule has 26 heavy (non-hydrogen) atoms. The molecule has 0 saturated carbocycles. The summed E-state index contributed by atoms with van der Waals surface area (Å²) in [6, 6.07) is 13.4. The monoisotopic (exact) mass is 376 g/mol. The van der Waals surface area contributed by atoms with Crippen molar-refractivity contribution in [3.05, 3.63) is 59.7 Å². The van der Waals surface area contributed by atoms with Gasteiger partial charge in [-0.1, -0.05) is 32.0 Å². The van der Waals surface area contributed by atoms with Crippen LogP contribution in [0.4, 0.5) is 5.69 Å². The summed E-state index contributed by atoms with van der Waals surface area (Å²) in [6.45, 7) is 4.78. The second-order valence-electron chi connectivity index (χ2n) is 5.70. The molecule has 1 amide bonds. The van der Waals surface area contributed by atoms with Gasteiger partial charge in [0.2, 0.25) is 10.0 Å². The summed E-state index contributed by atoms with van der Waals surface area (Å²) in [5.74, 6) is -0.305. The molecule has 0 heterocycles. The first-order valence-corrected chi connectivity index (χ1v) is 9.85. The van der Waals surface area contributed by atoms with Crippen LogP contribution in [0.15, 0.2) is 53.4 Å². The van der Waals surface area contributed by atoms with Crippen LogP contribution in [-0.2, 0) is 21.4 Å². The molecule has 2 aromatic rings. The van der Waals surface area contributed by atoms with Gasteiger partial charge >= 0.3 is 0 Å². The van der Waals surface area contributed by atoms with Crippen molar-refractivity contribution in [3.8, 4) is 0 Å². The number of ether oxygens (including phenoxy) is 1. The highest BCUT2D eigenvalue weighted by molar-refractivity contribution is 7.89. The van der Waals surface area contributed by atoms with Crippen LogP contribution in [-0.4, -0.2) is 38.8 Å². The van der Waals surface area contributed by atoms with Crippen molar-refractivity contribution in [3.63, 3.8) is 0 Å². The summed E-state index contributed by atoms with van der Waals surface area (Å²) in [4.78, 5) is 12.6. The molecule has 0 aromatic heterocycles. The van der Waals surface area contributed by atoms with Crippen LogP contribution < -0.4 is 5.32 Å². The molecule has 0 bridgehead atoms. The van der Waals surface area contributed by atoms with E-state index in [0.29, 0.717) is 30.9 Å². The largest absolute Gasteiger partial charge is 0.380 e. The number of rotatable bonds is 8. The fraction of sp³-hybridized carbons (Fsp3) is 0.316. The third kappa shape index (κ3) is 4.69. The first-order valence-electron chi connectivity index (χ1n) is 8.41. The lowest BCUT2D eigenvalue weighted by Crippen LogP contribution is -2.30. The minimum absolute atomic E-state index is 0.159. The van der Waals surface area contributed by atoms with Crippen LogP contribution in [0, 0.1) is 0 Å². The normalized spacial score (nSPS) is 11.5. The molecule has 0 aliphatic heterocycles. The molecule has 140 valence electrons. The highest BCUT2D eigenvalue weighted by Crippen LogP contribution is 2.20. The topological polar surface area (TPSA) is 75.7 Å². The fourth-order valence-corrected chi connectivity index (χ4v) is 4.12. The lowest BCUT2D eigenvalue weighted by Gasteiger charge is -2.18. The molecule has 0 aliphatic carbocycles. The van der Waals surface area contributed by atoms with Gasteiger partial charge in [-0.15, -0.1) is 0 Å². The Morgan fingerprint density at radius 3 is 2.42 bits per heavy atom. The number of hydrogen-bond donors (Lipinski definition) is 1. The minimum Gasteiger partial charge on any atom is -0.380 e. The van der Waals surface area contributed by atoms with Crippen LogP contribution >= 0.6 is 0 Å². The number of nitrogens with zero attached hydrogens (tertiary/aromatic N) is 1. The third-order valence-electron chi connectivity index (χ3n) is 3.94. The zero-order valence-corrected chi connectivity index (χ0v) is 16.0. The van der Waals surface area contributed by atoms with E-state index in [-0.39, 0.29) is 10.8 Å². The summed E-state index contributed by atoms with van der Waals surface area (Å²) in [5.41, 5.74) is 1.80. The number of carbonyl (C=O) groups excluding carboxylic acids is 1. The Balaban J connectivity index is 2.23. The average molecular weight is 376 g/mol. The molecular weight excluding hydrogens is 352 g/mol. The van der Waals surface area contributed by atoms with Gasteiger partial charge in [-0.05, 0) is 35.9 Å². The molecule has 1 N–H and O–H groups in total. The van der Waals surface area contributed by atoms with Crippen molar-refractivity contribution in [1.82, 2.24) is 4.31 Å². The summed E-state index contributed by atoms with van der Waals surface area (Å²) < 4.78 is 31.7. The maximum absolute atomic E-state index is 12.6. The van der Waals surface area contributed by atoms with Gasteiger partial charge in [0.15, 0.2) is 0 Å². The maximum Gasteiger partial charge on any atom is 0.255 e. The molecule has 0 atom stereocenters. The third-order valence-corrected chi connectivity index (χ3v) is 5.98. The second kappa shape index (κ2) is 8.93. The zero-order valence-electron chi connectivity index (χ0n) is 15.2. The highest BCUT2D eigenvalue weighted by atomic mass is 32.2. The minimum atomic E-state index is -3.57. The van der Waals surface area contributed by atoms with Gasteiger partial charge in [-0.25, -0.2) is 8.42 Å². The van der Waals surface area contributed by atoms with Crippen molar-refractivity contribution >= 4 is 21.6 Å². The number of hydrogen-bond acceptors (Lipinski definition) is 4. The predicted octanol–water partition coefficient (Wildman–Crippen LogP) is 3.12. The molecule has 7 heteroatoms. The molecule has 0 spiro atoms. The Morgan fingerprint density at radius 2 is 1.77 bits per heavy atom. The highest BCUT2D eigenvalue weighted by Gasteiger charge is 2.21.